The Hall–Kier alpha value is -2.60. The summed E-state index contributed by atoms with van der Waals surface area (Å²) < 4.78 is 3.70. The highest BCUT2D eigenvalue weighted by Crippen LogP contribution is 2.22. The molecule has 0 fully saturated rings. The van der Waals surface area contributed by atoms with Gasteiger partial charge >= 0.3 is 0 Å². The molecule has 0 N–H and O–H groups in total. The molecule has 1 aromatic carbocycles. The van der Waals surface area contributed by atoms with Crippen LogP contribution in [-0.2, 0) is 13.1 Å². The maximum atomic E-state index is 12.8. The second-order valence-electron chi connectivity index (χ2n) is 6.36. The lowest BCUT2D eigenvalue weighted by Gasteiger charge is -2.11. The average molecular weight is 382 g/mol. The molecule has 3 aromatic rings. The number of Topliss-reactive ketones (excluding diaryl/α,β-unsaturated/α-hetero) is 1. The molecule has 0 unspecified atom stereocenters. The normalized spacial score (nSPS) is 11.1. The van der Waals surface area contributed by atoms with Crippen LogP contribution >= 0.6 is 11.8 Å². The van der Waals surface area contributed by atoms with Gasteiger partial charge in [-0.2, -0.15) is 0 Å². The number of fused-ring (bicyclic) bond motifs is 1. The van der Waals surface area contributed by atoms with Gasteiger partial charge in [-0.25, -0.2) is 4.98 Å². The van der Waals surface area contributed by atoms with Crippen molar-refractivity contribution in [3.63, 3.8) is 0 Å². The highest BCUT2D eigenvalue weighted by atomic mass is 32.2. The van der Waals surface area contributed by atoms with E-state index in [0.717, 1.165) is 11.4 Å². The topological polar surface area (TPSA) is 56.9 Å². The Balaban J connectivity index is 1.89. The number of carbonyl (C=O) groups is 1. The lowest BCUT2D eigenvalue weighted by molar-refractivity contribution is 0.102. The van der Waals surface area contributed by atoms with E-state index in [9.17, 15) is 9.59 Å². The number of para-hydroxylation sites is 1. The van der Waals surface area contributed by atoms with Gasteiger partial charge in [-0.15, -0.1) is 6.58 Å². The second kappa shape index (κ2) is 7.96. The smallest absolute Gasteiger partial charge is 0.262 e. The number of aromatic nitrogens is 3. The fourth-order valence-electron chi connectivity index (χ4n) is 3.24. The van der Waals surface area contributed by atoms with Crippen LogP contribution in [0.25, 0.3) is 10.9 Å². The first-order chi connectivity index (χ1) is 13.0. The molecule has 0 aliphatic heterocycles. The molecule has 0 saturated carbocycles. The quantitative estimate of drug-likeness (QED) is 0.269. The van der Waals surface area contributed by atoms with Gasteiger partial charge in [-0.3, -0.25) is 14.2 Å². The van der Waals surface area contributed by atoms with Crippen LogP contribution in [0.3, 0.4) is 0 Å². The zero-order valence-electron chi connectivity index (χ0n) is 15.9. The van der Waals surface area contributed by atoms with Crippen molar-refractivity contribution in [3.05, 3.63) is 70.3 Å². The number of ketones is 1. The minimum Gasteiger partial charge on any atom is -0.345 e. The molecule has 0 atom stereocenters. The van der Waals surface area contributed by atoms with Crippen molar-refractivity contribution in [2.45, 2.75) is 39.0 Å². The monoisotopic (exact) mass is 381 g/mol. The third-order valence-corrected chi connectivity index (χ3v) is 5.64. The molecule has 3 rings (SSSR count). The largest absolute Gasteiger partial charge is 0.345 e. The zero-order valence-corrected chi connectivity index (χ0v) is 16.7. The first-order valence-corrected chi connectivity index (χ1v) is 9.89. The van der Waals surface area contributed by atoms with Gasteiger partial charge in [0.15, 0.2) is 10.9 Å². The van der Waals surface area contributed by atoms with Crippen molar-refractivity contribution < 1.29 is 4.79 Å². The minimum absolute atomic E-state index is 0.0356. The molecule has 0 spiro atoms. The lowest BCUT2D eigenvalue weighted by Crippen LogP contribution is -2.22. The lowest BCUT2D eigenvalue weighted by atomic mass is 10.2. The summed E-state index contributed by atoms with van der Waals surface area (Å²) in [6, 6.07) is 9.22. The summed E-state index contributed by atoms with van der Waals surface area (Å²) in [4.78, 5) is 30.1. The Bertz CT molecular complexity index is 1080. The van der Waals surface area contributed by atoms with Gasteiger partial charge < -0.3 is 4.57 Å². The standard InChI is InChI=1S/C21H23N3O2S/c1-5-11-24-14(3)12-17(15(24)4)19(25)13-27-21-22-18-10-8-7-9-16(18)20(26)23(21)6-2/h5,7-10,12H,1,6,11,13H2,2-4H3. The number of nitrogens with zero attached hydrogens (tertiary/aromatic N) is 3. The Morgan fingerprint density at radius 1 is 1.26 bits per heavy atom. The van der Waals surface area contributed by atoms with Gasteiger partial charge in [-0.1, -0.05) is 30.0 Å². The fraction of sp³-hybridized carbons (Fsp3) is 0.286. The average Bonchev–Trinajstić information content (AvgIpc) is 2.95. The van der Waals surface area contributed by atoms with Gasteiger partial charge in [0.25, 0.3) is 5.56 Å². The Morgan fingerprint density at radius 3 is 2.70 bits per heavy atom. The van der Waals surface area contributed by atoms with Crippen LogP contribution in [0, 0.1) is 13.8 Å². The Morgan fingerprint density at radius 2 is 2.00 bits per heavy atom. The van der Waals surface area contributed by atoms with Crippen LogP contribution in [-0.4, -0.2) is 25.7 Å². The number of benzene rings is 1. The van der Waals surface area contributed by atoms with Crippen molar-refractivity contribution in [1.29, 1.82) is 0 Å². The third-order valence-electron chi connectivity index (χ3n) is 4.66. The second-order valence-corrected chi connectivity index (χ2v) is 7.30. The predicted octanol–water partition coefficient (Wildman–Crippen LogP) is 4.00. The molecule has 0 radical (unpaired) electrons. The van der Waals surface area contributed by atoms with Crippen LogP contribution in [0.4, 0.5) is 0 Å². The van der Waals surface area contributed by atoms with E-state index in [-0.39, 0.29) is 17.1 Å². The number of allylic oxidation sites excluding steroid dienone is 1. The summed E-state index contributed by atoms with van der Waals surface area (Å²) in [7, 11) is 0. The number of rotatable bonds is 7. The summed E-state index contributed by atoms with van der Waals surface area (Å²) in [5.41, 5.74) is 3.29. The van der Waals surface area contributed by atoms with Crippen molar-refractivity contribution in [3.8, 4) is 0 Å². The first-order valence-electron chi connectivity index (χ1n) is 8.91. The Kier molecular flexibility index (Phi) is 5.65. The van der Waals surface area contributed by atoms with Gasteiger partial charge in [0.05, 0.1) is 16.7 Å². The van der Waals surface area contributed by atoms with E-state index in [1.165, 1.54) is 11.8 Å². The summed E-state index contributed by atoms with van der Waals surface area (Å²) in [5.74, 6) is 0.275. The van der Waals surface area contributed by atoms with Gasteiger partial charge in [0.1, 0.15) is 0 Å². The fourth-order valence-corrected chi connectivity index (χ4v) is 4.18. The van der Waals surface area contributed by atoms with E-state index >= 15 is 0 Å². The minimum atomic E-state index is -0.0674. The number of hydrogen-bond acceptors (Lipinski definition) is 4. The van der Waals surface area contributed by atoms with Gasteiger partial charge in [-0.05, 0) is 39.0 Å². The Labute approximate surface area is 162 Å². The highest BCUT2D eigenvalue weighted by Gasteiger charge is 2.17. The van der Waals surface area contributed by atoms with Gasteiger partial charge in [0, 0.05) is 30.0 Å². The molecular formula is C21H23N3O2S. The van der Waals surface area contributed by atoms with Crippen molar-refractivity contribution in [2.75, 3.05) is 5.75 Å². The molecular weight excluding hydrogens is 358 g/mol. The molecule has 140 valence electrons. The van der Waals surface area contributed by atoms with E-state index in [1.807, 2.05) is 51.1 Å². The number of aryl methyl sites for hydroxylation is 1. The molecule has 5 nitrogen and oxygen atoms in total. The predicted molar refractivity (Wildman–Crippen MR) is 111 cm³/mol. The summed E-state index contributed by atoms with van der Waals surface area (Å²) in [6.07, 6.45) is 1.82. The van der Waals surface area contributed by atoms with E-state index in [2.05, 4.69) is 16.1 Å². The number of hydrogen-bond donors (Lipinski definition) is 0. The molecule has 2 heterocycles. The van der Waals surface area contributed by atoms with Crippen molar-refractivity contribution in [2.24, 2.45) is 0 Å². The SMILES string of the molecule is C=CCn1c(C)cc(C(=O)CSc2nc3ccccc3c(=O)n2CC)c1C. The van der Waals surface area contributed by atoms with E-state index in [1.54, 1.807) is 10.6 Å². The van der Waals surface area contributed by atoms with Gasteiger partial charge in [0.2, 0.25) is 0 Å². The van der Waals surface area contributed by atoms with E-state index < -0.39 is 0 Å². The highest BCUT2D eigenvalue weighted by molar-refractivity contribution is 7.99. The van der Waals surface area contributed by atoms with Crippen molar-refractivity contribution >= 4 is 28.4 Å². The molecule has 0 aliphatic rings. The van der Waals surface area contributed by atoms with Crippen LogP contribution < -0.4 is 5.56 Å². The van der Waals surface area contributed by atoms with E-state index in [4.69, 9.17) is 0 Å². The van der Waals surface area contributed by atoms with Crippen molar-refractivity contribution in [1.82, 2.24) is 14.1 Å². The molecule has 2 aromatic heterocycles. The number of thioether (sulfide) groups is 1. The number of carbonyl (C=O) groups excluding carboxylic acids is 1. The molecule has 27 heavy (non-hydrogen) atoms. The van der Waals surface area contributed by atoms with Crippen LogP contribution in [0.15, 0.2) is 52.9 Å². The maximum absolute atomic E-state index is 12.8. The summed E-state index contributed by atoms with van der Waals surface area (Å²) >= 11 is 1.31. The van der Waals surface area contributed by atoms with E-state index in [0.29, 0.717) is 34.7 Å². The van der Waals surface area contributed by atoms with Crippen LogP contribution in [0.1, 0.15) is 28.7 Å². The zero-order chi connectivity index (χ0) is 19.6. The maximum Gasteiger partial charge on any atom is 0.262 e. The summed E-state index contributed by atoms with van der Waals surface area (Å²) in [6.45, 7) is 10.8. The molecule has 0 amide bonds. The first kappa shape index (κ1) is 19.2. The third kappa shape index (κ3) is 3.62. The molecule has 0 aliphatic carbocycles. The molecule has 0 bridgehead atoms. The van der Waals surface area contributed by atoms with Crippen LogP contribution in [0.5, 0.6) is 0 Å². The van der Waals surface area contributed by atoms with Crippen LogP contribution in [0.2, 0.25) is 0 Å². The molecule has 0 saturated heterocycles. The molecule has 6 heteroatoms. The summed E-state index contributed by atoms with van der Waals surface area (Å²) in [5, 5.41) is 1.18.